The molecule has 12 aromatic rings. The Bertz CT molecular complexity index is 3900. The lowest BCUT2D eigenvalue weighted by molar-refractivity contribution is 0.571. The topological polar surface area (TPSA) is 56.7 Å². The quantitative estimate of drug-likeness (QED) is 0.168. The zero-order valence-electron chi connectivity index (χ0n) is 34.9. The van der Waals surface area contributed by atoms with Crippen molar-refractivity contribution in [3.05, 3.63) is 217 Å². The number of nitrogens with zero attached hydrogens (tertiary/aromatic N) is 4. The van der Waals surface area contributed by atoms with Gasteiger partial charge in [0.2, 0.25) is 0 Å². The van der Waals surface area contributed by atoms with Gasteiger partial charge < -0.3 is 8.98 Å². The van der Waals surface area contributed by atoms with Crippen molar-refractivity contribution in [3.8, 4) is 28.5 Å². The Balaban J connectivity index is 0.966. The van der Waals surface area contributed by atoms with E-state index in [0.717, 1.165) is 65.9 Å². The summed E-state index contributed by atoms with van der Waals surface area (Å²) < 4.78 is 8.80. The van der Waals surface area contributed by atoms with Crippen LogP contribution in [0.5, 0.6) is 0 Å². The average molecular weight is 821 g/mol. The van der Waals surface area contributed by atoms with Gasteiger partial charge in [-0.3, -0.25) is 0 Å². The van der Waals surface area contributed by atoms with Crippen molar-refractivity contribution in [3.63, 3.8) is 0 Å². The predicted molar refractivity (Wildman–Crippen MR) is 266 cm³/mol. The third kappa shape index (κ3) is 6.62. The smallest absolute Gasteiger partial charge is 0.164 e. The SMILES string of the molecule is C=c1cc/c(=C/CCc2nc(-c3cccc4ccccc34)nc(-c3cccc4ccccc34)n2)ccc2cc(-n3c4cc5ccccc5cc4c4ccc5ccccc5c43)ccc2o1. The van der Waals surface area contributed by atoms with Crippen molar-refractivity contribution in [1.29, 1.82) is 0 Å². The molecule has 0 unspecified atom stereocenters. The minimum absolute atomic E-state index is 0.565. The summed E-state index contributed by atoms with van der Waals surface area (Å²) in [6.07, 6.45) is 3.57. The Morgan fingerprint density at radius 2 is 1.03 bits per heavy atom. The van der Waals surface area contributed by atoms with Gasteiger partial charge in [0.25, 0.3) is 0 Å². The number of aromatic nitrogens is 4. The monoisotopic (exact) mass is 820 g/mol. The maximum absolute atomic E-state index is 6.39. The van der Waals surface area contributed by atoms with E-state index >= 15 is 0 Å². The molecule has 0 spiro atoms. The molecule has 64 heavy (non-hydrogen) atoms. The number of rotatable bonds is 6. The molecule has 0 radical (unpaired) electrons. The zero-order valence-corrected chi connectivity index (χ0v) is 34.9. The molecule has 5 heteroatoms. The standard InChI is InChI=1S/C59H40N4O/c1-38-27-28-39(13-10-26-56-60-58(51-24-11-19-40-14-4-7-21-47(40)51)62-59(61-56)52-25-12-20-41-15-5-8-22-48(41)52)29-30-45-35-46(32-34-55(45)64-38)63-54-37-44-18-3-2-17-43(44)36-53(54)50-33-31-42-16-6-9-23-49(42)57(50)63/h2-9,11-25,27-37H,1,10,26H2/b28-27?,30-29?,39-13-. The van der Waals surface area contributed by atoms with Crippen LogP contribution in [0.25, 0.3) is 117 Å². The van der Waals surface area contributed by atoms with E-state index in [9.17, 15) is 0 Å². The first kappa shape index (κ1) is 37.4. The second kappa shape index (κ2) is 15.5. The maximum atomic E-state index is 6.39. The van der Waals surface area contributed by atoms with Gasteiger partial charge in [0.1, 0.15) is 16.8 Å². The number of hydrogen-bond donors (Lipinski definition) is 0. The Morgan fingerprint density at radius 1 is 0.453 bits per heavy atom. The van der Waals surface area contributed by atoms with Crippen LogP contribution in [0.15, 0.2) is 205 Å². The second-order valence-corrected chi connectivity index (χ2v) is 16.4. The van der Waals surface area contributed by atoms with E-state index in [1.807, 2.05) is 6.07 Å². The summed E-state index contributed by atoms with van der Waals surface area (Å²) >= 11 is 0. The van der Waals surface area contributed by atoms with Crippen LogP contribution in [0.1, 0.15) is 12.2 Å². The van der Waals surface area contributed by atoms with E-state index in [1.165, 1.54) is 37.8 Å². The summed E-state index contributed by atoms with van der Waals surface area (Å²) in [7, 11) is 0. The van der Waals surface area contributed by atoms with Crippen LogP contribution in [0, 0.1) is 0 Å². The minimum Gasteiger partial charge on any atom is -0.457 e. The summed E-state index contributed by atoms with van der Waals surface area (Å²) in [6.45, 7) is 4.26. The van der Waals surface area contributed by atoms with Crippen molar-refractivity contribution in [2.24, 2.45) is 0 Å². The number of fused-ring (bicyclic) bond motifs is 9. The molecule has 0 fully saturated rings. The molecule has 3 heterocycles. The Hall–Kier alpha value is -8.41. The maximum Gasteiger partial charge on any atom is 0.164 e. The number of benzene rings is 9. The van der Waals surface area contributed by atoms with Crippen molar-refractivity contribution < 1.29 is 4.42 Å². The van der Waals surface area contributed by atoms with Gasteiger partial charge in [-0.2, -0.15) is 0 Å². The van der Waals surface area contributed by atoms with Crippen LogP contribution in [0.3, 0.4) is 0 Å². The molecule has 5 nitrogen and oxygen atoms in total. The molecule has 0 saturated carbocycles. The lowest BCUT2D eigenvalue weighted by Crippen LogP contribution is -2.04. The van der Waals surface area contributed by atoms with Crippen molar-refractivity contribution >= 4 is 88.5 Å². The molecule has 3 aromatic heterocycles. The predicted octanol–water partition coefficient (Wildman–Crippen LogP) is 13.6. The fourth-order valence-electron chi connectivity index (χ4n) is 9.35. The van der Waals surface area contributed by atoms with Crippen LogP contribution in [-0.2, 0) is 6.42 Å². The Labute approximate surface area is 368 Å². The highest BCUT2D eigenvalue weighted by Crippen LogP contribution is 2.39. The second-order valence-electron chi connectivity index (χ2n) is 16.4. The largest absolute Gasteiger partial charge is 0.457 e. The lowest BCUT2D eigenvalue weighted by atomic mass is 10.0. The lowest BCUT2D eigenvalue weighted by Gasteiger charge is -2.11. The summed E-state index contributed by atoms with van der Waals surface area (Å²) in [5, 5.41) is 13.8. The number of aryl methyl sites for hydroxylation is 1. The molecule has 302 valence electrons. The van der Waals surface area contributed by atoms with Crippen molar-refractivity contribution in [2.75, 3.05) is 0 Å². The third-order valence-corrected chi connectivity index (χ3v) is 12.4. The molecular weight excluding hydrogens is 781 g/mol. The van der Waals surface area contributed by atoms with Gasteiger partial charge >= 0.3 is 0 Å². The van der Waals surface area contributed by atoms with Crippen LogP contribution in [-0.4, -0.2) is 19.5 Å². The molecule has 0 aliphatic rings. The van der Waals surface area contributed by atoms with Crippen LogP contribution >= 0.6 is 0 Å². The molecule has 0 saturated heterocycles. The van der Waals surface area contributed by atoms with Gasteiger partial charge in [-0.15, -0.1) is 0 Å². The van der Waals surface area contributed by atoms with Gasteiger partial charge in [-0.25, -0.2) is 15.0 Å². The minimum atomic E-state index is 0.565. The highest BCUT2D eigenvalue weighted by Gasteiger charge is 2.17. The fourth-order valence-corrected chi connectivity index (χ4v) is 9.35. The molecule has 12 rings (SSSR count). The molecule has 0 aliphatic heterocycles. The van der Waals surface area contributed by atoms with Crippen LogP contribution < -0.4 is 10.6 Å². The molecular formula is C59H40N4O. The normalized spacial score (nSPS) is 12.0. The summed E-state index contributed by atoms with van der Waals surface area (Å²) in [5.74, 6) is 2.08. The van der Waals surface area contributed by atoms with Gasteiger partial charge in [0.05, 0.1) is 11.0 Å². The molecule has 0 atom stereocenters. The van der Waals surface area contributed by atoms with E-state index < -0.39 is 0 Å². The van der Waals surface area contributed by atoms with E-state index in [2.05, 4.69) is 211 Å². The van der Waals surface area contributed by atoms with Gasteiger partial charge in [0, 0.05) is 44.8 Å². The summed E-state index contributed by atoms with van der Waals surface area (Å²) in [5.41, 5.74) is 6.70. The van der Waals surface area contributed by atoms with E-state index in [1.54, 1.807) is 0 Å². The van der Waals surface area contributed by atoms with E-state index in [0.29, 0.717) is 29.9 Å². The van der Waals surface area contributed by atoms with Crippen LogP contribution in [0.4, 0.5) is 0 Å². The molecule has 0 bridgehead atoms. The first-order valence-electron chi connectivity index (χ1n) is 21.7. The molecule has 9 aromatic carbocycles. The van der Waals surface area contributed by atoms with Gasteiger partial charge in [-0.05, 0) is 85.7 Å². The third-order valence-electron chi connectivity index (χ3n) is 12.4. The van der Waals surface area contributed by atoms with Gasteiger partial charge in [-0.1, -0.05) is 176 Å². The van der Waals surface area contributed by atoms with E-state index in [4.69, 9.17) is 19.4 Å². The Morgan fingerprint density at radius 3 is 1.73 bits per heavy atom. The van der Waals surface area contributed by atoms with E-state index in [-0.39, 0.29) is 0 Å². The first-order valence-corrected chi connectivity index (χ1v) is 21.7. The highest BCUT2D eigenvalue weighted by molar-refractivity contribution is 6.20. The average Bonchev–Trinajstić information content (AvgIpc) is 3.70. The van der Waals surface area contributed by atoms with Crippen molar-refractivity contribution in [1.82, 2.24) is 19.5 Å². The van der Waals surface area contributed by atoms with Crippen molar-refractivity contribution in [2.45, 2.75) is 12.8 Å². The summed E-state index contributed by atoms with van der Waals surface area (Å²) in [6, 6.07) is 70.6. The summed E-state index contributed by atoms with van der Waals surface area (Å²) in [4.78, 5) is 15.4. The zero-order chi connectivity index (χ0) is 42.6. The Kier molecular flexibility index (Phi) is 9.04. The molecule has 0 aliphatic carbocycles. The fraction of sp³-hybridized carbons (Fsp3) is 0.0339. The molecule has 0 amide bonds. The first-order chi connectivity index (χ1) is 31.6. The van der Waals surface area contributed by atoms with Crippen LogP contribution in [0.2, 0.25) is 0 Å². The number of hydrogen-bond acceptors (Lipinski definition) is 4. The highest BCUT2D eigenvalue weighted by atomic mass is 16.3. The van der Waals surface area contributed by atoms with Gasteiger partial charge in [0.15, 0.2) is 11.6 Å². The molecule has 0 N–H and O–H groups in total.